The molecule has 1 aliphatic heterocycles. The second-order valence-corrected chi connectivity index (χ2v) is 5.98. The minimum atomic E-state index is -0.318. The Labute approximate surface area is 142 Å². The minimum Gasteiger partial charge on any atom is -0.379 e. The van der Waals surface area contributed by atoms with Crippen molar-refractivity contribution in [3.05, 3.63) is 54.4 Å². The van der Waals surface area contributed by atoms with Gasteiger partial charge >= 0.3 is 0 Å². The third-order valence-electron chi connectivity index (χ3n) is 4.44. The third kappa shape index (κ3) is 4.01. The Hall–Kier alpha value is -2.18. The minimum absolute atomic E-state index is 0.0205. The fourth-order valence-corrected chi connectivity index (χ4v) is 3.00. The number of rotatable bonds is 6. The standard InChI is InChI=1S/C18H24N4O2/c1-15(22-9-5-8-20-22)18(23)19-14-17(16-6-3-2-4-7-16)21-10-12-24-13-11-21/h2-9,15,17H,10-14H2,1H3,(H,19,23). The first-order valence-electron chi connectivity index (χ1n) is 8.39. The Bertz CT molecular complexity index is 624. The van der Waals surface area contributed by atoms with Gasteiger partial charge < -0.3 is 10.1 Å². The molecule has 0 bridgehead atoms. The van der Waals surface area contributed by atoms with E-state index in [1.54, 1.807) is 17.1 Å². The fraction of sp³-hybridized carbons (Fsp3) is 0.444. The highest BCUT2D eigenvalue weighted by Gasteiger charge is 2.24. The smallest absolute Gasteiger partial charge is 0.244 e. The molecule has 0 radical (unpaired) electrons. The second-order valence-electron chi connectivity index (χ2n) is 5.98. The van der Waals surface area contributed by atoms with Crippen molar-refractivity contribution in [2.75, 3.05) is 32.8 Å². The van der Waals surface area contributed by atoms with E-state index in [2.05, 4.69) is 27.4 Å². The molecule has 3 rings (SSSR count). The molecule has 0 aliphatic carbocycles. The van der Waals surface area contributed by atoms with Gasteiger partial charge in [-0.1, -0.05) is 30.3 Å². The van der Waals surface area contributed by atoms with Gasteiger partial charge in [0, 0.05) is 32.0 Å². The molecule has 1 saturated heterocycles. The number of benzene rings is 1. The number of amides is 1. The quantitative estimate of drug-likeness (QED) is 0.876. The highest BCUT2D eigenvalue weighted by atomic mass is 16.5. The van der Waals surface area contributed by atoms with Gasteiger partial charge in [0.1, 0.15) is 6.04 Å². The monoisotopic (exact) mass is 328 g/mol. The van der Waals surface area contributed by atoms with Gasteiger partial charge in [-0.15, -0.1) is 0 Å². The summed E-state index contributed by atoms with van der Waals surface area (Å²) in [5.74, 6) is -0.0205. The van der Waals surface area contributed by atoms with Crippen LogP contribution in [0.4, 0.5) is 0 Å². The summed E-state index contributed by atoms with van der Waals surface area (Å²) in [4.78, 5) is 14.8. The molecule has 1 amide bonds. The maximum absolute atomic E-state index is 12.4. The van der Waals surface area contributed by atoms with Crippen molar-refractivity contribution in [3.63, 3.8) is 0 Å². The van der Waals surface area contributed by atoms with Crippen LogP contribution in [0.2, 0.25) is 0 Å². The van der Waals surface area contributed by atoms with Crippen molar-refractivity contribution in [1.29, 1.82) is 0 Å². The summed E-state index contributed by atoms with van der Waals surface area (Å²) < 4.78 is 7.13. The zero-order valence-electron chi connectivity index (χ0n) is 14.0. The van der Waals surface area contributed by atoms with Crippen LogP contribution in [0.3, 0.4) is 0 Å². The van der Waals surface area contributed by atoms with Crippen LogP contribution in [0.15, 0.2) is 48.8 Å². The number of carbonyl (C=O) groups excluding carboxylic acids is 1. The van der Waals surface area contributed by atoms with E-state index in [1.165, 1.54) is 5.56 Å². The van der Waals surface area contributed by atoms with Crippen molar-refractivity contribution < 1.29 is 9.53 Å². The molecule has 128 valence electrons. The topological polar surface area (TPSA) is 59.4 Å². The molecule has 2 aromatic rings. The van der Waals surface area contributed by atoms with E-state index in [4.69, 9.17) is 4.74 Å². The molecule has 24 heavy (non-hydrogen) atoms. The first-order valence-corrected chi connectivity index (χ1v) is 8.39. The van der Waals surface area contributed by atoms with Crippen LogP contribution in [0.5, 0.6) is 0 Å². The molecule has 2 unspecified atom stereocenters. The van der Waals surface area contributed by atoms with E-state index < -0.39 is 0 Å². The number of hydrogen-bond donors (Lipinski definition) is 1. The summed E-state index contributed by atoms with van der Waals surface area (Å²) in [5, 5.41) is 7.23. The van der Waals surface area contributed by atoms with Crippen molar-refractivity contribution in [3.8, 4) is 0 Å². The van der Waals surface area contributed by atoms with E-state index in [1.807, 2.05) is 31.2 Å². The number of nitrogens with one attached hydrogen (secondary N) is 1. The summed E-state index contributed by atoms with van der Waals surface area (Å²) in [7, 11) is 0. The zero-order chi connectivity index (χ0) is 16.8. The van der Waals surface area contributed by atoms with E-state index >= 15 is 0 Å². The van der Waals surface area contributed by atoms with E-state index in [9.17, 15) is 4.79 Å². The summed E-state index contributed by atoms with van der Waals surface area (Å²) in [6, 6.07) is 12.0. The largest absolute Gasteiger partial charge is 0.379 e. The molecule has 1 aromatic carbocycles. The molecule has 1 aliphatic rings. The van der Waals surface area contributed by atoms with E-state index in [-0.39, 0.29) is 18.0 Å². The lowest BCUT2D eigenvalue weighted by Gasteiger charge is -2.35. The molecule has 1 N–H and O–H groups in total. The number of ether oxygens (including phenoxy) is 1. The number of aromatic nitrogens is 2. The molecule has 0 saturated carbocycles. The fourth-order valence-electron chi connectivity index (χ4n) is 3.00. The van der Waals surface area contributed by atoms with Crippen molar-refractivity contribution in [2.45, 2.75) is 19.0 Å². The highest BCUT2D eigenvalue weighted by molar-refractivity contribution is 5.79. The Kier molecular flexibility index (Phi) is 5.61. The van der Waals surface area contributed by atoms with Crippen LogP contribution in [0, 0.1) is 0 Å². The summed E-state index contributed by atoms with van der Waals surface area (Å²) in [5.41, 5.74) is 1.21. The maximum Gasteiger partial charge on any atom is 0.244 e. The highest BCUT2D eigenvalue weighted by Crippen LogP contribution is 2.21. The zero-order valence-corrected chi connectivity index (χ0v) is 14.0. The van der Waals surface area contributed by atoms with Gasteiger partial charge in [-0.05, 0) is 18.6 Å². The molecule has 6 heteroatoms. The Morgan fingerprint density at radius 1 is 1.25 bits per heavy atom. The van der Waals surface area contributed by atoms with Gasteiger partial charge in [-0.3, -0.25) is 14.4 Å². The number of hydrogen-bond acceptors (Lipinski definition) is 4. The number of carbonyl (C=O) groups is 1. The van der Waals surface area contributed by atoms with Gasteiger partial charge in [-0.2, -0.15) is 5.10 Å². The Morgan fingerprint density at radius 2 is 2.00 bits per heavy atom. The molecule has 2 atom stereocenters. The predicted molar refractivity (Wildman–Crippen MR) is 91.5 cm³/mol. The number of morpholine rings is 1. The lowest BCUT2D eigenvalue weighted by Crippen LogP contribution is -2.44. The normalized spacial score (nSPS) is 18.0. The number of nitrogens with zero attached hydrogens (tertiary/aromatic N) is 3. The van der Waals surface area contributed by atoms with Gasteiger partial charge in [0.05, 0.1) is 19.3 Å². The van der Waals surface area contributed by atoms with Crippen molar-refractivity contribution in [2.24, 2.45) is 0 Å². The molecule has 1 aromatic heterocycles. The van der Waals surface area contributed by atoms with Crippen LogP contribution in [-0.2, 0) is 9.53 Å². The SMILES string of the molecule is CC(C(=O)NCC(c1ccccc1)N1CCOCC1)n1cccn1. The van der Waals surface area contributed by atoms with E-state index in [0.717, 1.165) is 26.3 Å². The van der Waals surface area contributed by atoms with Crippen LogP contribution >= 0.6 is 0 Å². The molecular weight excluding hydrogens is 304 g/mol. The summed E-state index contributed by atoms with van der Waals surface area (Å²) in [6.45, 7) is 5.67. The molecule has 0 spiro atoms. The van der Waals surface area contributed by atoms with Gasteiger partial charge in [0.2, 0.25) is 5.91 Å². The van der Waals surface area contributed by atoms with E-state index in [0.29, 0.717) is 6.54 Å². The Morgan fingerprint density at radius 3 is 2.67 bits per heavy atom. The average molecular weight is 328 g/mol. The maximum atomic E-state index is 12.4. The van der Waals surface area contributed by atoms with Crippen LogP contribution in [-0.4, -0.2) is 53.4 Å². The molecule has 2 heterocycles. The second kappa shape index (κ2) is 8.08. The van der Waals surface area contributed by atoms with Crippen molar-refractivity contribution in [1.82, 2.24) is 20.0 Å². The van der Waals surface area contributed by atoms with Crippen LogP contribution in [0.1, 0.15) is 24.6 Å². The lowest BCUT2D eigenvalue weighted by atomic mass is 10.0. The lowest BCUT2D eigenvalue weighted by molar-refractivity contribution is -0.124. The Balaban J connectivity index is 1.66. The first kappa shape index (κ1) is 16.7. The molecule has 1 fully saturated rings. The summed E-state index contributed by atoms with van der Waals surface area (Å²) in [6.07, 6.45) is 3.49. The van der Waals surface area contributed by atoms with Crippen molar-refractivity contribution >= 4 is 5.91 Å². The summed E-state index contributed by atoms with van der Waals surface area (Å²) >= 11 is 0. The third-order valence-corrected chi connectivity index (χ3v) is 4.44. The van der Waals surface area contributed by atoms with Crippen LogP contribution < -0.4 is 5.32 Å². The molecule has 6 nitrogen and oxygen atoms in total. The van der Waals surface area contributed by atoms with Gasteiger partial charge in [0.25, 0.3) is 0 Å². The van der Waals surface area contributed by atoms with Gasteiger partial charge in [0.15, 0.2) is 0 Å². The predicted octanol–water partition coefficient (Wildman–Crippen LogP) is 1.63. The molecular formula is C18H24N4O2. The first-order chi connectivity index (χ1) is 11.8. The van der Waals surface area contributed by atoms with Crippen LogP contribution in [0.25, 0.3) is 0 Å². The van der Waals surface area contributed by atoms with Gasteiger partial charge in [-0.25, -0.2) is 0 Å². The average Bonchev–Trinajstić information content (AvgIpc) is 3.17.